The molecule has 4 rings (SSSR count). The second-order valence-corrected chi connectivity index (χ2v) is 7.76. The first-order chi connectivity index (χ1) is 16.1. The van der Waals surface area contributed by atoms with Crippen molar-refractivity contribution in [2.75, 3.05) is 6.61 Å². The molecule has 5 heteroatoms. The molecule has 2 N–H and O–H groups in total. The summed E-state index contributed by atoms with van der Waals surface area (Å²) < 4.78 is 11.4. The normalized spacial score (nSPS) is 11.2. The Morgan fingerprint density at radius 3 is 2.45 bits per heavy atom. The Morgan fingerprint density at radius 2 is 1.70 bits per heavy atom. The summed E-state index contributed by atoms with van der Waals surface area (Å²) >= 11 is 0. The van der Waals surface area contributed by atoms with Crippen LogP contribution in [0.25, 0.3) is 23.1 Å². The fourth-order valence-corrected chi connectivity index (χ4v) is 3.58. The third-order valence-corrected chi connectivity index (χ3v) is 5.33. The van der Waals surface area contributed by atoms with Crippen LogP contribution in [-0.2, 0) is 6.42 Å². The number of carbonyl (C=O) groups excluding carboxylic acids is 1. The predicted molar refractivity (Wildman–Crippen MR) is 131 cm³/mol. The Balaban J connectivity index is 1.37. The van der Waals surface area contributed by atoms with Gasteiger partial charge >= 0.3 is 0 Å². The average molecular weight is 440 g/mol. The highest BCUT2D eigenvalue weighted by atomic mass is 16.5. The third kappa shape index (κ3) is 5.77. The van der Waals surface area contributed by atoms with E-state index in [1.165, 1.54) is 5.56 Å². The zero-order valence-electron chi connectivity index (χ0n) is 18.2. The Bertz CT molecular complexity index is 1320. The van der Waals surface area contributed by atoms with Gasteiger partial charge in [0.25, 0.3) is 5.91 Å². The molecular formula is C28H25NO4. The van der Waals surface area contributed by atoms with Crippen LogP contribution in [0, 0.1) is 0 Å². The maximum Gasteiger partial charge on any atom is 0.284 e. The molecule has 1 aromatic heterocycles. The van der Waals surface area contributed by atoms with Gasteiger partial charge < -0.3 is 14.9 Å². The number of unbranched alkanes of at least 4 members (excludes halogenated alkanes) is 1. The van der Waals surface area contributed by atoms with Gasteiger partial charge in [-0.1, -0.05) is 66.7 Å². The van der Waals surface area contributed by atoms with E-state index in [1.807, 2.05) is 48.6 Å². The van der Waals surface area contributed by atoms with Gasteiger partial charge in [0.1, 0.15) is 11.3 Å². The smallest absolute Gasteiger partial charge is 0.284 e. The molecule has 0 unspecified atom stereocenters. The molecule has 5 nitrogen and oxygen atoms in total. The van der Waals surface area contributed by atoms with Gasteiger partial charge in [-0.05, 0) is 48.6 Å². The lowest BCUT2D eigenvalue weighted by Crippen LogP contribution is -2.14. The lowest BCUT2D eigenvalue weighted by molar-refractivity contribution is 0.0974. The summed E-state index contributed by atoms with van der Waals surface area (Å²) in [6, 6.07) is 24.6. The Morgan fingerprint density at radius 1 is 0.909 bits per heavy atom. The number of benzene rings is 3. The van der Waals surface area contributed by atoms with Gasteiger partial charge in [0.2, 0.25) is 0 Å². The fraction of sp³-hybridized carbons (Fsp3) is 0.143. The third-order valence-electron chi connectivity index (χ3n) is 5.33. The maximum atomic E-state index is 12.3. The summed E-state index contributed by atoms with van der Waals surface area (Å²) in [5, 5.41) is 0.401. The van der Waals surface area contributed by atoms with E-state index in [4.69, 9.17) is 14.9 Å². The zero-order valence-corrected chi connectivity index (χ0v) is 18.2. The molecular weight excluding hydrogens is 414 g/mol. The van der Waals surface area contributed by atoms with Gasteiger partial charge in [-0.3, -0.25) is 9.59 Å². The van der Waals surface area contributed by atoms with Gasteiger partial charge in [-0.25, -0.2) is 0 Å². The number of fused-ring (bicyclic) bond motifs is 1. The van der Waals surface area contributed by atoms with Crippen molar-refractivity contribution in [2.45, 2.75) is 19.3 Å². The van der Waals surface area contributed by atoms with Crippen molar-refractivity contribution in [2.24, 2.45) is 5.73 Å². The van der Waals surface area contributed by atoms with Crippen LogP contribution in [0.15, 0.2) is 88.1 Å². The number of primary amides is 1. The maximum absolute atomic E-state index is 12.3. The number of hydrogen-bond donors (Lipinski definition) is 1. The quantitative estimate of drug-likeness (QED) is 0.277. The highest BCUT2D eigenvalue weighted by Crippen LogP contribution is 2.21. The summed E-state index contributed by atoms with van der Waals surface area (Å²) in [6.45, 7) is 0.680. The second kappa shape index (κ2) is 10.5. The summed E-state index contributed by atoms with van der Waals surface area (Å²) in [5.74, 6) is -0.101. The molecule has 0 fully saturated rings. The van der Waals surface area contributed by atoms with Crippen LogP contribution in [-0.4, -0.2) is 12.5 Å². The van der Waals surface area contributed by atoms with Crippen molar-refractivity contribution in [3.05, 3.63) is 112 Å². The van der Waals surface area contributed by atoms with E-state index in [1.54, 1.807) is 12.1 Å². The van der Waals surface area contributed by atoms with Crippen molar-refractivity contribution < 1.29 is 13.9 Å². The molecule has 0 saturated heterocycles. The van der Waals surface area contributed by atoms with Crippen LogP contribution in [0.2, 0.25) is 0 Å². The van der Waals surface area contributed by atoms with Gasteiger partial charge in [0.15, 0.2) is 11.2 Å². The lowest BCUT2D eigenvalue weighted by Gasteiger charge is -2.07. The van der Waals surface area contributed by atoms with Crippen molar-refractivity contribution in [1.82, 2.24) is 0 Å². The van der Waals surface area contributed by atoms with Crippen LogP contribution >= 0.6 is 0 Å². The summed E-state index contributed by atoms with van der Waals surface area (Å²) in [7, 11) is 0. The molecule has 0 aliphatic rings. The first-order valence-corrected chi connectivity index (χ1v) is 10.9. The SMILES string of the molecule is NC(=O)c1cc(=O)c2cccc(C=Cc3ccc(OCCCCc4ccccc4)cc3)c2o1. The zero-order chi connectivity index (χ0) is 23.0. The molecule has 1 amide bonds. The molecule has 0 saturated carbocycles. The van der Waals surface area contributed by atoms with Crippen LogP contribution in [0.5, 0.6) is 5.75 Å². The molecule has 1 heterocycles. The molecule has 0 aliphatic heterocycles. The number of ether oxygens (including phenoxy) is 1. The van der Waals surface area contributed by atoms with Crippen LogP contribution in [0.4, 0.5) is 0 Å². The van der Waals surface area contributed by atoms with E-state index >= 15 is 0 Å². The highest BCUT2D eigenvalue weighted by molar-refractivity contribution is 5.94. The largest absolute Gasteiger partial charge is 0.494 e. The van der Waals surface area contributed by atoms with Crippen molar-refractivity contribution in [1.29, 1.82) is 0 Å². The number of rotatable bonds is 9. The fourth-order valence-electron chi connectivity index (χ4n) is 3.58. The van der Waals surface area contributed by atoms with Crippen LogP contribution in [0.1, 0.15) is 40.1 Å². The Labute approximate surface area is 192 Å². The van der Waals surface area contributed by atoms with Gasteiger partial charge in [-0.15, -0.1) is 0 Å². The van der Waals surface area contributed by atoms with Crippen LogP contribution in [0.3, 0.4) is 0 Å². The second-order valence-electron chi connectivity index (χ2n) is 7.76. The first kappa shape index (κ1) is 22.1. The number of nitrogens with two attached hydrogens (primary N) is 1. The van der Waals surface area contributed by atoms with E-state index in [0.717, 1.165) is 36.6 Å². The number of aryl methyl sites for hydroxylation is 1. The summed E-state index contributed by atoms with van der Waals surface area (Å²) in [5.41, 5.74) is 8.33. The molecule has 0 radical (unpaired) electrons. The van der Waals surface area contributed by atoms with Crippen molar-refractivity contribution in [3.63, 3.8) is 0 Å². The average Bonchev–Trinajstić information content (AvgIpc) is 2.84. The topological polar surface area (TPSA) is 82.5 Å². The molecule has 0 aliphatic carbocycles. The minimum Gasteiger partial charge on any atom is -0.494 e. The Hall–Kier alpha value is -4.12. The standard InChI is InChI=1S/C28H25NO4/c29-28(31)26-19-25(30)24-11-6-10-22(27(24)33-26)15-12-21-13-16-23(17-14-21)32-18-5-4-9-20-7-2-1-3-8-20/h1-3,6-8,10-17,19H,4-5,9,18H2,(H2,29,31). The van der Waals surface area contributed by atoms with E-state index in [0.29, 0.717) is 23.1 Å². The number of carbonyl (C=O) groups is 1. The first-order valence-electron chi connectivity index (χ1n) is 10.9. The lowest BCUT2D eigenvalue weighted by atomic mass is 10.1. The minimum absolute atomic E-state index is 0.154. The molecule has 0 bridgehead atoms. The highest BCUT2D eigenvalue weighted by Gasteiger charge is 2.11. The molecule has 33 heavy (non-hydrogen) atoms. The van der Waals surface area contributed by atoms with E-state index in [-0.39, 0.29) is 11.2 Å². The van der Waals surface area contributed by atoms with Gasteiger partial charge in [-0.2, -0.15) is 0 Å². The molecule has 0 spiro atoms. The monoisotopic (exact) mass is 439 g/mol. The molecule has 166 valence electrons. The minimum atomic E-state index is -0.775. The van der Waals surface area contributed by atoms with E-state index in [2.05, 4.69) is 24.3 Å². The number of amides is 1. The van der Waals surface area contributed by atoms with E-state index < -0.39 is 5.91 Å². The molecule has 4 aromatic rings. The van der Waals surface area contributed by atoms with Crippen molar-refractivity contribution in [3.8, 4) is 5.75 Å². The summed E-state index contributed by atoms with van der Waals surface area (Å²) in [4.78, 5) is 23.7. The predicted octanol–water partition coefficient (Wildman–Crippen LogP) is 5.46. The van der Waals surface area contributed by atoms with Crippen LogP contribution < -0.4 is 15.9 Å². The van der Waals surface area contributed by atoms with Gasteiger partial charge in [0.05, 0.1) is 12.0 Å². The summed E-state index contributed by atoms with van der Waals surface area (Å²) in [6.07, 6.45) is 6.90. The van der Waals surface area contributed by atoms with Crippen molar-refractivity contribution >= 4 is 29.0 Å². The van der Waals surface area contributed by atoms with Gasteiger partial charge in [0, 0.05) is 11.6 Å². The number of para-hydroxylation sites is 1. The van der Waals surface area contributed by atoms with E-state index in [9.17, 15) is 9.59 Å². The molecule has 3 aromatic carbocycles. The molecule has 0 atom stereocenters. The number of hydrogen-bond acceptors (Lipinski definition) is 4. The Kier molecular flexibility index (Phi) is 7.00.